The molecule has 1 fully saturated rings. The van der Waals surface area contributed by atoms with Crippen molar-refractivity contribution in [2.75, 3.05) is 18.8 Å². The van der Waals surface area contributed by atoms with Gasteiger partial charge in [0.2, 0.25) is 0 Å². The van der Waals surface area contributed by atoms with Crippen molar-refractivity contribution in [3.63, 3.8) is 0 Å². The molecule has 4 rings (SSSR count). The summed E-state index contributed by atoms with van der Waals surface area (Å²) in [6.07, 6.45) is 3.03. The molecule has 10 heteroatoms. The van der Waals surface area contributed by atoms with Gasteiger partial charge in [0.25, 0.3) is 17.0 Å². The van der Waals surface area contributed by atoms with Crippen molar-refractivity contribution in [2.45, 2.75) is 31.1 Å². The third-order valence-corrected chi connectivity index (χ3v) is 5.67. The monoisotopic (exact) mass is 444 g/mol. The number of Topliss-reactive ketones (excluding diaryl/α,β-unsaturated/α-hetero) is 1. The first-order valence-electron chi connectivity index (χ1n) is 9.89. The quantitative estimate of drug-likeness (QED) is 0.415. The summed E-state index contributed by atoms with van der Waals surface area (Å²) in [5, 5.41) is 8.12. The van der Waals surface area contributed by atoms with E-state index in [1.165, 1.54) is 24.3 Å². The number of thioether (sulfide) groups is 1. The van der Waals surface area contributed by atoms with Crippen LogP contribution in [0.3, 0.4) is 0 Å². The number of rotatable bonds is 8. The fourth-order valence-corrected chi connectivity index (χ4v) is 3.85. The topological polar surface area (TPSA) is 101 Å². The van der Waals surface area contributed by atoms with E-state index in [9.17, 15) is 14.0 Å². The highest BCUT2D eigenvalue weighted by Gasteiger charge is 2.22. The number of H-pyrrole nitrogens is 1. The summed E-state index contributed by atoms with van der Waals surface area (Å²) in [6.45, 7) is 3.23. The number of carbonyl (C=O) groups is 2. The fourth-order valence-electron chi connectivity index (χ4n) is 3.19. The Morgan fingerprint density at radius 1 is 1.26 bits per heavy atom. The second kappa shape index (κ2) is 9.34. The van der Waals surface area contributed by atoms with Gasteiger partial charge in [0.05, 0.1) is 5.75 Å². The van der Waals surface area contributed by atoms with E-state index in [-0.39, 0.29) is 34.4 Å². The van der Waals surface area contributed by atoms with Crippen molar-refractivity contribution in [1.82, 2.24) is 20.1 Å². The summed E-state index contributed by atoms with van der Waals surface area (Å²) in [7, 11) is 0. The third kappa shape index (κ3) is 5.13. The fraction of sp³-hybridized carbons (Fsp3) is 0.333. The molecule has 0 aliphatic carbocycles. The first kappa shape index (κ1) is 21.1. The number of benzene rings is 1. The van der Waals surface area contributed by atoms with E-state index in [0.29, 0.717) is 17.0 Å². The highest BCUT2D eigenvalue weighted by molar-refractivity contribution is 7.99. The molecule has 1 amide bonds. The van der Waals surface area contributed by atoms with Gasteiger partial charge in [-0.05, 0) is 50.1 Å². The molecule has 1 saturated heterocycles. The van der Waals surface area contributed by atoms with Gasteiger partial charge in [-0.1, -0.05) is 11.8 Å². The van der Waals surface area contributed by atoms with E-state index in [0.717, 1.165) is 37.7 Å². The molecule has 3 heterocycles. The molecule has 1 aromatic carbocycles. The van der Waals surface area contributed by atoms with Crippen LogP contribution in [0, 0.1) is 5.82 Å². The van der Waals surface area contributed by atoms with Crippen molar-refractivity contribution < 1.29 is 23.1 Å². The van der Waals surface area contributed by atoms with Gasteiger partial charge in [0.15, 0.2) is 11.9 Å². The number of likely N-dealkylation sites (tertiary alicyclic amines) is 1. The molecule has 1 aliphatic heterocycles. The Balaban J connectivity index is 1.30. The molecule has 2 aromatic heterocycles. The molecule has 0 bridgehead atoms. The molecule has 1 atom stereocenters. The van der Waals surface area contributed by atoms with Crippen LogP contribution < -0.4 is 4.74 Å². The number of amides is 1. The van der Waals surface area contributed by atoms with Gasteiger partial charge in [-0.15, -0.1) is 10.2 Å². The minimum Gasteiger partial charge on any atom is -0.481 e. The van der Waals surface area contributed by atoms with Crippen LogP contribution in [0.5, 0.6) is 5.75 Å². The zero-order valence-electron chi connectivity index (χ0n) is 16.8. The molecule has 8 nitrogen and oxygen atoms in total. The number of ether oxygens (including phenoxy) is 1. The average molecular weight is 444 g/mol. The highest BCUT2D eigenvalue weighted by Crippen LogP contribution is 2.25. The molecule has 0 unspecified atom stereocenters. The zero-order valence-corrected chi connectivity index (χ0v) is 17.7. The Labute approximate surface area is 182 Å². The van der Waals surface area contributed by atoms with E-state index in [1.807, 2.05) is 0 Å². The molecular formula is C21H21FN4O4S. The molecule has 1 aliphatic rings. The Kier molecular flexibility index (Phi) is 6.36. The summed E-state index contributed by atoms with van der Waals surface area (Å²) in [6, 6.07) is 7.20. The lowest BCUT2D eigenvalue weighted by molar-refractivity contribution is 0.0787. The number of ketones is 1. The molecule has 31 heavy (non-hydrogen) atoms. The van der Waals surface area contributed by atoms with Crippen LogP contribution >= 0.6 is 11.8 Å². The summed E-state index contributed by atoms with van der Waals surface area (Å²) < 4.78 is 24.2. The minimum absolute atomic E-state index is 0.0825. The van der Waals surface area contributed by atoms with Crippen LogP contribution in [-0.2, 0) is 0 Å². The predicted molar refractivity (Wildman–Crippen MR) is 111 cm³/mol. The SMILES string of the molecule is C[C@@H](Oc1ccc(F)cc1)c1nnc(SCC(=O)c2c[nH]c(C(=O)N3CCCC3)c2)o1. The third-order valence-electron chi connectivity index (χ3n) is 4.85. The molecule has 0 spiro atoms. The highest BCUT2D eigenvalue weighted by atomic mass is 32.2. The van der Waals surface area contributed by atoms with Crippen molar-refractivity contribution in [1.29, 1.82) is 0 Å². The maximum absolute atomic E-state index is 13.0. The second-order valence-corrected chi connectivity index (χ2v) is 8.06. The summed E-state index contributed by atoms with van der Waals surface area (Å²) >= 11 is 1.11. The number of nitrogens with zero attached hydrogens (tertiary/aromatic N) is 3. The Morgan fingerprint density at radius 2 is 2.00 bits per heavy atom. The van der Waals surface area contributed by atoms with Crippen LogP contribution in [0.2, 0.25) is 0 Å². The van der Waals surface area contributed by atoms with E-state index in [4.69, 9.17) is 9.15 Å². The van der Waals surface area contributed by atoms with Gasteiger partial charge in [-0.3, -0.25) is 9.59 Å². The molecule has 162 valence electrons. The average Bonchev–Trinajstić information content (AvgIpc) is 3.55. The molecule has 3 aromatic rings. The van der Waals surface area contributed by atoms with Gasteiger partial charge in [-0.25, -0.2) is 4.39 Å². The zero-order chi connectivity index (χ0) is 21.8. The lowest BCUT2D eigenvalue weighted by Gasteiger charge is -2.13. The van der Waals surface area contributed by atoms with E-state index < -0.39 is 6.10 Å². The molecule has 1 N–H and O–H groups in total. The van der Waals surface area contributed by atoms with Gasteiger partial charge in [0.1, 0.15) is 17.3 Å². The van der Waals surface area contributed by atoms with Crippen molar-refractivity contribution in [3.8, 4) is 5.75 Å². The molecule has 0 saturated carbocycles. The lowest BCUT2D eigenvalue weighted by atomic mass is 10.2. The minimum atomic E-state index is -0.535. The summed E-state index contributed by atoms with van der Waals surface area (Å²) in [4.78, 5) is 29.5. The van der Waals surface area contributed by atoms with Gasteiger partial charge >= 0.3 is 0 Å². The standard InChI is InChI=1S/C21H21FN4O4S/c1-13(29-16-6-4-15(22)5-7-16)19-24-25-21(30-19)31-12-18(27)14-10-17(23-11-14)20(28)26-8-2-3-9-26/h4-7,10-11,13,23H,2-3,8-9,12H2,1H3/t13-/m1/s1. The Hall–Kier alpha value is -3.14. The summed E-state index contributed by atoms with van der Waals surface area (Å²) in [5.41, 5.74) is 0.852. The van der Waals surface area contributed by atoms with Crippen molar-refractivity contribution in [3.05, 3.63) is 59.5 Å². The number of halogens is 1. The van der Waals surface area contributed by atoms with Crippen molar-refractivity contribution in [2.24, 2.45) is 0 Å². The smallest absolute Gasteiger partial charge is 0.277 e. The number of aromatic amines is 1. The van der Waals surface area contributed by atoms with Gasteiger partial charge < -0.3 is 19.0 Å². The largest absolute Gasteiger partial charge is 0.481 e. The first-order valence-corrected chi connectivity index (χ1v) is 10.9. The van der Waals surface area contributed by atoms with Crippen LogP contribution in [0.1, 0.15) is 52.6 Å². The number of aromatic nitrogens is 3. The number of hydrogen-bond donors (Lipinski definition) is 1. The van der Waals surface area contributed by atoms with Gasteiger partial charge in [0, 0.05) is 24.8 Å². The number of hydrogen-bond acceptors (Lipinski definition) is 7. The summed E-state index contributed by atoms with van der Waals surface area (Å²) in [5.74, 6) is 0.223. The Morgan fingerprint density at radius 3 is 2.74 bits per heavy atom. The molecular weight excluding hydrogens is 423 g/mol. The molecule has 0 radical (unpaired) electrons. The Bertz CT molecular complexity index is 1060. The van der Waals surface area contributed by atoms with Crippen LogP contribution in [0.4, 0.5) is 4.39 Å². The van der Waals surface area contributed by atoms with Crippen molar-refractivity contribution >= 4 is 23.5 Å². The maximum Gasteiger partial charge on any atom is 0.277 e. The van der Waals surface area contributed by atoms with Crippen LogP contribution in [0.15, 0.2) is 46.2 Å². The normalized spacial score (nSPS) is 14.6. The van der Waals surface area contributed by atoms with E-state index >= 15 is 0 Å². The van der Waals surface area contributed by atoms with E-state index in [1.54, 1.807) is 24.1 Å². The van der Waals surface area contributed by atoms with Crippen LogP contribution in [0.25, 0.3) is 0 Å². The maximum atomic E-state index is 13.0. The van der Waals surface area contributed by atoms with Gasteiger partial charge in [-0.2, -0.15) is 0 Å². The lowest BCUT2D eigenvalue weighted by Crippen LogP contribution is -2.27. The van der Waals surface area contributed by atoms with E-state index in [2.05, 4.69) is 15.2 Å². The predicted octanol–water partition coefficient (Wildman–Crippen LogP) is 3.89. The number of carbonyl (C=O) groups excluding carboxylic acids is 2. The first-order chi connectivity index (χ1) is 15.0. The second-order valence-electron chi connectivity index (χ2n) is 7.13. The number of nitrogens with one attached hydrogen (secondary N) is 1. The van der Waals surface area contributed by atoms with Crippen LogP contribution in [-0.4, -0.2) is 50.6 Å².